The van der Waals surface area contributed by atoms with E-state index in [1.165, 1.54) is 6.33 Å². The van der Waals surface area contributed by atoms with Gasteiger partial charge in [0.2, 0.25) is 0 Å². The lowest BCUT2D eigenvalue weighted by Crippen LogP contribution is -2.48. The molecule has 3 rings (SSSR count). The summed E-state index contributed by atoms with van der Waals surface area (Å²) in [6.07, 6.45) is 7.26. The van der Waals surface area contributed by atoms with E-state index in [4.69, 9.17) is 4.74 Å². The highest BCUT2D eigenvalue weighted by Gasteiger charge is 2.23. The first-order valence-corrected chi connectivity index (χ1v) is 9.70. The first kappa shape index (κ1) is 20.5. The topological polar surface area (TPSA) is 115 Å². The molecule has 2 atom stereocenters. The lowest BCUT2D eigenvalue weighted by atomic mass is 9.86. The van der Waals surface area contributed by atoms with Crippen molar-refractivity contribution >= 4 is 17.9 Å². The number of nitrogens with one attached hydrogen (secondary N) is 2. The number of benzene rings is 1. The first-order valence-electron chi connectivity index (χ1n) is 9.70. The molecule has 1 aliphatic carbocycles. The zero-order valence-electron chi connectivity index (χ0n) is 16.3. The second-order valence-electron chi connectivity index (χ2n) is 7.26. The quantitative estimate of drug-likeness (QED) is 0.717. The number of amides is 3. The Morgan fingerprint density at radius 3 is 2.62 bits per heavy atom. The third-order valence-electron chi connectivity index (χ3n) is 5.02. The molecule has 1 aromatic heterocycles. The van der Waals surface area contributed by atoms with E-state index in [1.54, 1.807) is 35.3 Å². The van der Waals surface area contributed by atoms with Crippen LogP contribution in [0.1, 0.15) is 48.5 Å². The Hall–Kier alpha value is -3.23. The molecule has 0 spiro atoms. The number of esters is 1. The molecule has 1 saturated carbocycles. The van der Waals surface area contributed by atoms with Crippen LogP contribution in [0.5, 0.6) is 0 Å². The largest absolute Gasteiger partial charge is 0.452 e. The Morgan fingerprint density at radius 2 is 1.93 bits per heavy atom. The molecule has 9 heteroatoms. The summed E-state index contributed by atoms with van der Waals surface area (Å²) in [5, 5.41) is 9.05. The molecule has 2 unspecified atom stereocenters. The molecule has 3 amide bonds. The van der Waals surface area contributed by atoms with Gasteiger partial charge >= 0.3 is 12.0 Å². The molecule has 2 aromatic rings. The number of nitrogens with zero attached hydrogens (tertiary/aromatic N) is 3. The Kier molecular flexibility index (Phi) is 6.94. The standard InChI is InChI=1S/C20H25N5O4/c1-14-4-2-3-5-17(14)23-20(28)24-18(26)11-29-19(27)16-8-6-15(7-9-16)10-25-13-21-12-22-25/h6-9,12-14,17H,2-5,10-11H2,1H3,(H2,23,24,26,28). The zero-order valence-corrected chi connectivity index (χ0v) is 16.3. The van der Waals surface area contributed by atoms with Gasteiger partial charge in [-0.25, -0.2) is 19.3 Å². The number of carbonyl (C=O) groups is 3. The summed E-state index contributed by atoms with van der Waals surface area (Å²) >= 11 is 0. The molecular formula is C20H25N5O4. The van der Waals surface area contributed by atoms with Crippen LogP contribution in [-0.2, 0) is 16.1 Å². The van der Waals surface area contributed by atoms with Crippen LogP contribution in [-0.4, -0.2) is 45.3 Å². The number of carbonyl (C=O) groups excluding carboxylic acids is 3. The van der Waals surface area contributed by atoms with Crippen LogP contribution in [0.15, 0.2) is 36.9 Å². The number of urea groups is 1. The van der Waals surface area contributed by atoms with Gasteiger partial charge in [0.05, 0.1) is 12.1 Å². The van der Waals surface area contributed by atoms with Gasteiger partial charge in [0.1, 0.15) is 12.7 Å². The predicted molar refractivity (Wildman–Crippen MR) is 104 cm³/mol. The monoisotopic (exact) mass is 399 g/mol. The van der Waals surface area contributed by atoms with Crippen molar-refractivity contribution in [1.82, 2.24) is 25.4 Å². The van der Waals surface area contributed by atoms with E-state index >= 15 is 0 Å². The van der Waals surface area contributed by atoms with E-state index in [-0.39, 0.29) is 6.04 Å². The third kappa shape index (κ3) is 6.13. The van der Waals surface area contributed by atoms with E-state index in [0.29, 0.717) is 18.0 Å². The fraction of sp³-hybridized carbons (Fsp3) is 0.450. The molecule has 0 bridgehead atoms. The number of hydrogen-bond donors (Lipinski definition) is 2. The smallest absolute Gasteiger partial charge is 0.338 e. The summed E-state index contributed by atoms with van der Waals surface area (Å²) in [6.45, 7) is 2.10. The number of ether oxygens (including phenoxy) is 1. The molecule has 0 radical (unpaired) electrons. The van der Waals surface area contributed by atoms with E-state index in [1.807, 2.05) is 0 Å². The highest BCUT2D eigenvalue weighted by Crippen LogP contribution is 2.23. The SMILES string of the molecule is CC1CCCCC1NC(=O)NC(=O)COC(=O)c1ccc(Cn2cncn2)cc1. The van der Waals surface area contributed by atoms with Gasteiger partial charge in [-0.15, -0.1) is 0 Å². The lowest BCUT2D eigenvalue weighted by Gasteiger charge is -2.29. The molecule has 0 saturated heterocycles. The van der Waals surface area contributed by atoms with Crippen molar-refractivity contribution in [2.24, 2.45) is 5.92 Å². The van der Waals surface area contributed by atoms with Crippen LogP contribution in [0.2, 0.25) is 0 Å². The fourth-order valence-corrected chi connectivity index (χ4v) is 3.36. The van der Waals surface area contributed by atoms with Gasteiger partial charge in [0, 0.05) is 6.04 Å². The molecule has 154 valence electrons. The molecule has 0 aliphatic heterocycles. The van der Waals surface area contributed by atoms with Crippen LogP contribution in [0, 0.1) is 5.92 Å². The number of rotatable bonds is 6. The second kappa shape index (κ2) is 9.81. The number of imide groups is 1. The van der Waals surface area contributed by atoms with Crippen LogP contribution < -0.4 is 10.6 Å². The second-order valence-corrected chi connectivity index (χ2v) is 7.26. The molecule has 1 fully saturated rings. The number of hydrogen-bond acceptors (Lipinski definition) is 6. The molecule has 1 aromatic carbocycles. The summed E-state index contributed by atoms with van der Waals surface area (Å²) in [5.74, 6) is -0.911. The van der Waals surface area contributed by atoms with Crippen molar-refractivity contribution in [2.75, 3.05) is 6.61 Å². The van der Waals surface area contributed by atoms with Crippen molar-refractivity contribution in [3.8, 4) is 0 Å². The third-order valence-corrected chi connectivity index (χ3v) is 5.02. The van der Waals surface area contributed by atoms with Crippen molar-refractivity contribution in [2.45, 2.75) is 45.2 Å². The van der Waals surface area contributed by atoms with Crippen LogP contribution in [0.3, 0.4) is 0 Å². The summed E-state index contributed by atoms with van der Waals surface area (Å²) < 4.78 is 6.65. The fourth-order valence-electron chi connectivity index (χ4n) is 3.36. The highest BCUT2D eigenvalue weighted by molar-refractivity contribution is 5.97. The van der Waals surface area contributed by atoms with Gasteiger partial charge in [-0.1, -0.05) is 31.9 Å². The zero-order chi connectivity index (χ0) is 20.6. The minimum atomic E-state index is -0.665. The van der Waals surface area contributed by atoms with Crippen molar-refractivity contribution in [3.05, 3.63) is 48.0 Å². The molecule has 9 nitrogen and oxygen atoms in total. The average molecular weight is 399 g/mol. The van der Waals surface area contributed by atoms with Gasteiger partial charge in [0.15, 0.2) is 6.61 Å². The minimum absolute atomic E-state index is 0.0649. The van der Waals surface area contributed by atoms with Crippen molar-refractivity contribution < 1.29 is 19.1 Å². The van der Waals surface area contributed by atoms with Gasteiger partial charge in [0.25, 0.3) is 5.91 Å². The maximum atomic E-state index is 12.1. The summed E-state index contributed by atoms with van der Waals surface area (Å²) in [4.78, 5) is 39.8. The first-order chi connectivity index (χ1) is 14.0. The van der Waals surface area contributed by atoms with E-state index < -0.39 is 24.5 Å². The minimum Gasteiger partial charge on any atom is -0.452 e. The van der Waals surface area contributed by atoms with Gasteiger partial charge < -0.3 is 10.1 Å². The summed E-state index contributed by atoms with van der Waals surface area (Å²) in [5.41, 5.74) is 1.26. The Morgan fingerprint density at radius 1 is 1.17 bits per heavy atom. The van der Waals surface area contributed by atoms with Crippen LogP contribution >= 0.6 is 0 Å². The molecule has 1 heterocycles. The molecule has 1 aliphatic rings. The van der Waals surface area contributed by atoms with Gasteiger partial charge in [-0.2, -0.15) is 5.10 Å². The Balaban J connectivity index is 1.41. The van der Waals surface area contributed by atoms with Crippen molar-refractivity contribution in [1.29, 1.82) is 0 Å². The van der Waals surface area contributed by atoms with Gasteiger partial charge in [-0.05, 0) is 36.5 Å². The van der Waals surface area contributed by atoms with Crippen LogP contribution in [0.25, 0.3) is 0 Å². The van der Waals surface area contributed by atoms with E-state index in [2.05, 4.69) is 27.6 Å². The number of aromatic nitrogens is 3. The van der Waals surface area contributed by atoms with E-state index in [0.717, 1.165) is 31.2 Å². The maximum Gasteiger partial charge on any atom is 0.338 e. The lowest BCUT2D eigenvalue weighted by molar-refractivity contribution is -0.123. The Labute approximate surface area is 168 Å². The molecular weight excluding hydrogens is 374 g/mol. The van der Waals surface area contributed by atoms with Crippen molar-refractivity contribution in [3.63, 3.8) is 0 Å². The predicted octanol–water partition coefficient (Wildman–Crippen LogP) is 1.89. The van der Waals surface area contributed by atoms with E-state index in [9.17, 15) is 14.4 Å². The summed E-state index contributed by atoms with van der Waals surface area (Å²) in [7, 11) is 0. The van der Waals surface area contributed by atoms with Gasteiger partial charge in [-0.3, -0.25) is 10.1 Å². The molecule has 29 heavy (non-hydrogen) atoms. The molecule has 2 N–H and O–H groups in total. The average Bonchev–Trinajstić information content (AvgIpc) is 3.21. The maximum absolute atomic E-state index is 12.1. The summed E-state index contributed by atoms with van der Waals surface area (Å²) in [6, 6.07) is 6.29. The normalized spacial score (nSPS) is 18.7. The Bertz CT molecular complexity index is 835. The van der Waals surface area contributed by atoms with Crippen LogP contribution in [0.4, 0.5) is 4.79 Å². The highest BCUT2D eigenvalue weighted by atomic mass is 16.5.